The number of halogens is 1. The van der Waals surface area contributed by atoms with Gasteiger partial charge in [0, 0.05) is 11.6 Å². The molecule has 0 saturated carbocycles. The predicted molar refractivity (Wildman–Crippen MR) is 102 cm³/mol. The van der Waals surface area contributed by atoms with Crippen LogP contribution in [0.3, 0.4) is 0 Å². The lowest BCUT2D eigenvalue weighted by molar-refractivity contribution is 0.255. The highest BCUT2D eigenvalue weighted by Crippen LogP contribution is 2.38. The molecule has 1 aromatic heterocycles. The van der Waals surface area contributed by atoms with Crippen LogP contribution in [-0.2, 0) is 10.0 Å². The fourth-order valence-corrected chi connectivity index (χ4v) is 6.18. The monoisotopic (exact) mass is 392 g/mol. The molecule has 25 heavy (non-hydrogen) atoms. The van der Waals surface area contributed by atoms with Gasteiger partial charge >= 0.3 is 0 Å². The van der Waals surface area contributed by atoms with E-state index in [1.54, 1.807) is 39.9 Å². The van der Waals surface area contributed by atoms with Gasteiger partial charge in [0.15, 0.2) is 0 Å². The van der Waals surface area contributed by atoms with E-state index < -0.39 is 10.0 Å². The first-order valence-corrected chi connectivity index (χ1v) is 10.8. The van der Waals surface area contributed by atoms with Gasteiger partial charge in [0.2, 0.25) is 10.0 Å². The van der Waals surface area contributed by atoms with E-state index in [1.807, 2.05) is 24.3 Å². The van der Waals surface area contributed by atoms with E-state index in [-0.39, 0.29) is 10.9 Å². The SMILES string of the molecule is O=S(=O)(c1ccc(Cl)cc1)N1CCCCC1c1nc2ccccc2s1. The van der Waals surface area contributed by atoms with Crippen molar-refractivity contribution in [1.29, 1.82) is 0 Å². The smallest absolute Gasteiger partial charge is 0.239 e. The molecule has 2 aromatic carbocycles. The van der Waals surface area contributed by atoms with E-state index in [4.69, 9.17) is 16.6 Å². The van der Waals surface area contributed by atoms with Crippen molar-refractivity contribution in [2.75, 3.05) is 6.54 Å². The largest absolute Gasteiger partial charge is 0.243 e. The number of aromatic nitrogens is 1. The zero-order valence-electron chi connectivity index (χ0n) is 13.4. The quantitative estimate of drug-likeness (QED) is 0.639. The average molecular weight is 393 g/mol. The molecular weight excluding hydrogens is 376 g/mol. The summed E-state index contributed by atoms with van der Waals surface area (Å²) < 4.78 is 29.0. The van der Waals surface area contributed by atoms with Gasteiger partial charge in [-0.2, -0.15) is 4.31 Å². The second-order valence-corrected chi connectivity index (χ2v) is 9.49. The molecule has 7 heteroatoms. The molecule has 0 radical (unpaired) electrons. The molecule has 0 spiro atoms. The Bertz CT molecular complexity index is 966. The Morgan fingerprint density at radius 3 is 2.60 bits per heavy atom. The molecule has 130 valence electrons. The minimum Gasteiger partial charge on any atom is -0.239 e. The van der Waals surface area contributed by atoms with E-state index >= 15 is 0 Å². The van der Waals surface area contributed by atoms with E-state index in [0.717, 1.165) is 34.5 Å². The van der Waals surface area contributed by atoms with E-state index in [1.165, 1.54) is 0 Å². The highest BCUT2D eigenvalue weighted by atomic mass is 35.5. The van der Waals surface area contributed by atoms with Crippen molar-refractivity contribution in [3.63, 3.8) is 0 Å². The van der Waals surface area contributed by atoms with Crippen LogP contribution in [0.1, 0.15) is 30.3 Å². The van der Waals surface area contributed by atoms with Crippen molar-refractivity contribution < 1.29 is 8.42 Å². The van der Waals surface area contributed by atoms with Crippen molar-refractivity contribution in [2.24, 2.45) is 0 Å². The Kier molecular flexibility index (Phi) is 4.54. The number of para-hydroxylation sites is 1. The van der Waals surface area contributed by atoms with Crippen molar-refractivity contribution in [3.05, 3.63) is 58.6 Å². The second kappa shape index (κ2) is 6.68. The van der Waals surface area contributed by atoms with Gasteiger partial charge in [0.05, 0.1) is 21.2 Å². The van der Waals surface area contributed by atoms with Crippen molar-refractivity contribution in [1.82, 2.24) is 9.29 Å². The summed E-state index contributed by atoms with van der Waals surface area (Å²) in [6, 6.07) is 14.1. The van der Waals surface area contributed by atoms with Crippen LogP contribution in [0.4, 0.5) is 0 Å². The molecule has 1 unspecified atom stereocenters. The average Bonchev–Trinajstić information content (AvgIpc) is 3.06. The van der Waals surface area contributed by atoms with Crippen LogP contribution in [0.5, 0.6) is 0 Å². The molecule has 1 aliphatic heterocycles. The number of hydrogen-bond donors (Lipinski definition) is 0. The van der Waals surface area contributed by atoms with Crippen LogP contribution in [0.15, 0.2) is 53.4 Å². The number of fused-ring (bicyclic) bond motifs is 1. The molecule has 4 rings (SSSR count). The predicted octanol–water partition coefficient (Wildman–Crippen LogP) is 4.87. The van der Waals surface area contributed by atoms with Gasteiger partial charge in [-0.25, -0.2) is 13.4 Å². The molecule has 1 fully saturated rings. The molecule has 4 nitrogen and oxygen atoms in total. The van der Waals surface area contributed by atoms with Crippen LogP contribution in [0.25, 0.3) is 10.2 Å². The first-order chi connectivity index (χ1) is 12.1. The molecular formula is C18H17ClN2O2S2. The summed E-state index contributed by atoms with van der Waals surface area (Å²) in [7, 11) is -3.57. The minimum atomic E-state index is -3.57. The maximum Gasteiger partial charge on any atom is 0.243 e. The third kappa shape index (κ3) is 3.19. The van der Waals surface area contributed by atoms with Crippen LogP contribution < -0.4 is 0 Å². The highest BCUT2D eigenvalue weighted by Gasteiger charge is 2.36. The number of sulfonamides is 1. The normalized spacial score (nSPS) is 19.3. The number of nitrogens with zero attached hydrogens (tertiary/aromatic N) is 2. The highest BCUT2D eigenvalue weighted by molar-refractivity contribution is 7.89. The fourth-order valence-electron chi connectivity index (χ4n) is 3.21. The molecule has 3 aromatic rings. The van der Waals surface area contributed by atoms with Gasteiger partial charge in [-0.3, -0.25) is 0 Å². The summed E-state index contributed by atoms with van der Waals surface area (Å²) >= 11 is 7.48. The molecule has 2 heterocycles. The zero-order valence-corrected chi connectivity index (χ0v) is 15.8. The van der Waals surface area contributed by atoms with Gasteiger partial charge in [0.25, 0.3) is 0 Å². The molecule has 1 aliphatic rings. The summed E-state index contributed by atoms with van der Waals surface area (Å²) in [4.78, 5) is 4.98. The maximum absolute atomic E-state index is 13.2. The summed E-state index contributed by atoms with van der Waals surface area (Å²) in [5.74, 6) is 0. The first-order valence-electron chi connectivity index (χ1n) is 8.18. The van der Waals surface area contributed by atoms with Crippen LogP contribution >= 0.6 is 22.9 Å². The maximum atomic E-state index is 13.2. The number of benzene rings is 2. The number of rotatable bonds is 3. The van der Waals surface area contributed by atoms with Crippen molar-refractivity contribution in [2.45, 2.75) is 30.2 Å². The molecule has 0 bridgehead atoms. The molecule has 0 aliphatic carbocycles. The summed E-state index contributed by atoms with van der Waals surface area (Å²) in [6.07, 6.45) is 2.67. The van der Waals surface area contributed by atoms with Gasteiger partial charge in [-0.15, -0.1) is 11.3 Å². The molecule has 1 atom stereocenters. The first kappa shape index (κ1) is 17.0. The standard InChI is InChI=1S/C18H17ClN2O2S2/c19-13-8-10-14(11-9-13)25(22,23)21-12-4-3-6-16(21)18-20-15-5-1-2-7-17(15)24-18/h1-2,5,7-11,16H,3-4,6,12H2. The van der Waals surface area contributed by atoms with E-state index in [2.05, 4.69) is 0 Å². The molecule has 0 amide bonds. The van der Waals surface area contributed by atoms with Crippen LogP contribution in [0.2, 0.25) is 5.02 Å². The van der Waals surface area contributed by atoms with Crippen LogP contribution in [-0.4, -0.2) is 24.3 Å². The van der Waals surface area contributed by atoms with Gasteiger partial charge in [0.1, 0.15) is 5.01 Å². The Hall–Kier alpha value is -1.47. The minimum absolute atomic E-state index is 0.202. The Morgan fingerprint density at radius 1 is 1.08 bits per heavy atom. The fraction of sp³-hybridized carbons (Fsp3) is 0.278. The van der Waals surface area contributed by atoms with Gasteiger partial charge < -0.3 is 0 Å². The van der Waals surface area contributed by atoms with Crippen LogP contribution in [0, 0.1) is 0 Å². The van der Waals surface area contributed by atoms with E-state index in [0.29, 0.717) is 11.6 Å². The third-order valence-electron chi connectivity index (χ3n) is 4.47. The Balaban J connectivity index is 1.74. The topological polar surface area (TPSA) is 50.3 Å². The van der Waals surface area contributed by atoms with Crippen molar-refractivity contribution in [3.8, 4) is 0 Å². The lowest BCUT2D eigenvalue weighted by Crippen LogP contribution is -2.38. The number of hydrogen-bond acceptors (Lipinski definition) is 4. The molecule has 1 saturated heterocycles. The summed E-state index contributed by atoms with van der Waals surface area (Å²) in [6.45, 7) is 0.519. The summed E-state index contributed by atoms with van der Waals surface area (Å²) in [5.41, 5.74) is 0.928. The number of piperidine rings is 1. The lowest BCUT2D eigenvalue weighted by Gasteiger charge is -2.33. The molecule has 0 N–H and O–H groups in total. The zero-order chi connectivity index (χ0) is 17.4. The van der Waals surface area contributed by atoms with E-state index in [9.17, 15) is 8.42 Å². The Labute approximate surface area is 156 Å². The number of thiazole rings is 1. The van der Waals surface area contributed by atoms with Gasteiger partial charge in [-0.1, -0.05) is 30.2 Å². The van der Waals surface area contributed by atoms with Gasteiger partial charge in [-0.05, 0) is 49.2 Å². The third-order valence-corrected chi connectivity index (χ3v) is 7.78. The lowest BCUT2D eigenvalue weighted by atomic mass is 10.1. The summed E-state index contributed by atoms with van der Waals surface area (Å²) in [5, 5.41) is 1.40. The second-order valence-electron chi connectivity index (χ2n) is 6.10. The Morgan fingerprint density at radius 2 is 1.84 bits per heavy atom. The van der Waals surface area contributed by atoms with Crippen molar-refractivity contribution >= 4 is 43.2 Å².